The molecule has 4 N–H and O–H groups in total. The fourth-order valence-electron chi connectivity index (χ4n) is 0.987. The van der Waals surface area contributed by atoms with Crippen molar-refractivity contribution in [3.63, 3.8) is 0 Å². The Bertz CT molecular complexity index is 133. The van der Waals surface area contributed by atoms with Gasteiger partial charge in [-0.3, -0.25) is 0 Å². The number of likely N-dealkylation sites (tertiary alicyclic amines) is 1. The molecular weight excluding hydrogens is 189 g/mol. The summed E-state index contributed by atoms with van der Waals surface area (Å²) in [5.74, 6) is 0. The molecule has 1 fully saturated rings. The molecule has 0 spiro atoms. The van der Waals surface area contributed by atoms with Gasteiger partial charge in [-0.25, -0.2) is 4.79 Å². The molecule has 1 atom stereocenters. The highest BCUT2D eigenvalue weighted by Gasteiger charge is 2.20. The zero-order valence-electron chi connectivity index (χ0n) is 6.03. The van der Waals surface area contributed by atoms with E-state index in [4.69, 9.17) is 11.5 Å². The van der Waals surface area contributed by atoms with Gasteiger partial charge in [-0.1, -0.05) is 0 Å². The maximum absolute atomic E-state index is 10.4. The van der Waals surface area contributed by atoms with Crippen LogP contribution in [0.25, 0.3) is 0 Å². The number of nitrogens with two attached hydrogens (primary N) is 2. The molecule has 0 bridgehead atoms. The number of carbonyl (C=O) groups excluding carboxylic acids is 1. The molecule has 1 rings (SSSR count). The zero-order chi connectivity index (χ0) is 6.85. The summed E-state index contributed by atoms with van der Waals surface area (Å²) in [6.07, 6.45) is 0.878. The molecule has 0 aliphatic carbocycles. The molecular formula is C5H13Cl2N3O. The molecule has 1 aliphatic rings. The summed E-state index contributed by atoms with van der Waals surface area (Å²) in [5.41, 5.74) is 10.5. The third-order valence-corrected chi connectivity index (χ3v) is 1.54. The van der Waals surface area contributed by atoms with Crippen molar-refractivity contribution < 1.29 is 4.79 Å². The maximum atomic E-state index is 10.4. The number of nitrogens with zero attached hydrogens (tertiary/aromatic N) is 1. The number of carbonyl (C=O) groups is 1. The van der Waals surface area contributed by atoms with Crippen molar-refractivity contribution in [1.29, 1.82) is 0 Å². The molecule has 0 aromatic rings. The van der Waals surface area contributed by atoms with Crippen LogP contribution in [0.2, 0.25) is 0 Å². The lowest BCUT2D eigenvalue weighted by molar-refractivity contribution is 0.218. The van der Waals surface area contributed by atoms with E-state index in [1.807, 2.05) is 0 Å². The van der Waals surface area contributed by atoms with E-state index in [9.17, 15) is 4.79 Å². The van der Waals surface area contributed by atoms with Crippen LogP contribution in [-0.2, 0) is 0 Å². The van der Waals surface area contributed by atoms with E-state index in [0.717, 1.165) is 13.0 Å². The topological polar surface area (TPSA) is 72.4 Å². The minimum atomic E-state index is -0.358. The Kier molecular flexibility index (Phi) is 6.65. The quantitative estimate of drug-likeness (QED) is 0.577. The third-order valence-electron chi connectivity index (χ3n) is 1.54. The number of primary amides is 1. The van der Waals surface area contributed by atoms with Gasteiger partial charge in [-0.15, -0.1) is 24.8 Å². The summed E-state index contributed by atoms with van der Waals surface area (Å²) in [4.78, 5) is 12.0. The van der Waals surface area contributed by atoms with E-state index < -0.39 is 0 Å². The number of halogens is 2. The largest absolute Gasteiger partial charge is 0.351 e. The minimum absolute atomic E-state index is 0. The predicted octanol–water partition coefficient (Wildman–Crippen LogP) is -0.0583. The first kappa shape index (κ1) is 13.4. The molecule has 0 saturated carbocycles. The number of urea groups is 1. The van der Waals surface area contributed by atoms with E-state index >= 15 is 0 Å². The first-order valence-electron chi connectivity index (χ1n) is 3.00. The SMILES string of the molecule is Cl.Cl.NC(=O)N1CCC(N)C1. The monoisotopic (exact) mass is 201 g/mol. The van der Waals surface area contributed by atoms with Crippen molar-refractivity contribution in [2.24, 2.45) is 11.5 Å². The normalized spacial score (nSPS) is 21.9. The van der Waals surface area contributed by atoms with Gasteiger partial charge in [0.2, 0.25) is 0 Å². The van der Waals surface area contributed by atoms with Gasteiger partial charge in [-0.05, 0) is 6.42 Å². The van der Waals surface area contributed by atoms with Crippen LogP contribution in [0, 0.1) is 0 Å². The Morgan fingerprint density at radius 1 is 1.45 bits per heavy atom. The summed E-state index contributed by atoms with van der Waals surface area (Å²) in [7, 11) is 0. The smallest absolute Gasteiger partial charge is 0.314 e. The van der Waals surface area contributed by atoms with E-state index in [1.54, 1.807) is 4.90 Å². The van der Waals surface area contributed by atoms with Crippen molar-refractivity contribution in [3.8, 4) is 0 Å². The van der Waals surface area contributed by atoms with Gasteiger partial charge in [0, 0.05) is 19.1 Å². The molecule has 1 saturated heterocycles. The van der Waals surface area contributed by atoms with Crippen LogP contribution in [-0.4, -0.2) is 30.1 Å². The van der Waals surface area contributed by atoms with Crippen LogP contribution in [0.4, 0.5) is 4.79 Å². The van der Waals surface area contributed by atoms with Crippen molar-refractivity contribution in [2.75, 3.05) is 13.1 Å². The number of amides is 2. The average molecular weight is 202 g/mol. The second kappa shape index (κ2) is 5.46. The molecule has 1 heterocycles. The van der Waals surface area contributed by atoms with Crippen LogP contribution in [0.5, 0.6) is 0 Å². The first-order chi connectivity index (χ1) is 4.20. The van der Waals surface area contributed by atoms with Gasteiger partial charge in [0.1, 0.15) is 0 Å². The molecule has 68 valence electrons. The highest BCUT2D eigenvalue weighted by molar-refractivity contribution is 5.85. The molecule has 0 aromatic carbocycles. The molecule has 2 amide bonds. The summed E-state index contributed by atoms with van der Waals surface area (Å²) >= 11 is 0. The Hall–Kier alpha value is -0.190. The predicted molar refractivity (Wildman–Crippen MR) is 48.2 cm³/mol. The second-order valence-electron chi connectivity index (χ2n) is 2.33. The fourth-order valence-corrected chi connectivity index (χ4v) is 0.987. The number of hydrogen-bond donors (Lipinski definition) is 2. The highest BCUT2D eigenvalue weighted by Crippen LogP contribution is 2.04. The van der Waals surface area contributed by atoms with Crippen LogP contribution in [0.3, 0.4) is 0 Å². The highest BCUT2D eigenvalue weighted by atomic mass is 35.5. The Morgan fingerprint density at radius 3 is 2.18 bits per heavy atom. The lowest BCUT2D eigenvalue weighted by Crippen LogP contribution is -2.35. The number of hydrogen-bond acceptors (Lipinski definition) is 2. The molecule has 11 heavy (non-hydrogen) atoms. The maximum Gasteiger partial charge on any atom is 0.314 e. The van der Waals surface area contributed by atoms with Gasteiger partial charge < -0.3 is 16.4 Å². The molecule has 4 nitrogen and oxygen atoms in total. The van der Waals surface area contributed by atoms with E-state index in [-0.39, 0.29) is 36.9 Å². The summed E-state index contributed by atoms with van der Waals surface area (Å²) < 4.78 is 0. The molecule has 1 aliphatic heterocycles. The van der Waals surface area contributed by atoms with Crippen LogP contribution in [0.1, 0.15) is 6.42 Å². The lowest BCUT2D eigenvalue weighted by Gasteiger charge is -2.10. The van der Waals surface area contributed by atoms with E-state index in [2.05, 4.69) is 0 Å². The molecule has 1 unspecified atom stereocenters. The average Bonchev–Trinajstić information content (AvgIpc) is 2.14. The summed E-state index contributed by atoms with van der Waals surface area (Å²) in [6, 6.07) is -0.222. The molecule has 0 radical (unpaired) electrons. The van der Waals surface area contributed by atoms with Crippen LogP contribution >= 0.6 is 24.8 Å². The number of rotatable bonds is 0. The van der Waals surface area contributed by atoms with Gasteiger partial charge in [0.15, 0.2) is 0 Å². The zero-order valence-corrected chi connectivity index (χ0v) is 7.66. The van der Waals surface area contributed by atoms with Gasteiger partial charge in [-0.2, -0.15) is 0 Å². The van der Waals surface area contributed by atoms with Crippen molar-refractivity contribution in [2.45, 2.75) is 12.5 Å². The van der Waals surface area contributed by atoms with Gasteiger partial charge >= 0.3 is 6.03 Å². The van der Waals surface area contributed by atoms with Crippen LogP contribution < -0.4 is 11.5 Å². The van der Waals surface area contributed by atoms with Crippen molar-refractivity contribution in [3.05, 3.63) is 0 Å². The molecule has 0 aromatic heterocycles. The van der Waals surface area contributed by atoms with Crippen molar-refractivity contribution in [1.82, 2.24) is 4.90 Å². The summed E-state index contributed by atoms with van der Waals surface area (Å²) in [6.45, 7) is 1.34. The van der Waals surface area contributed by atoms with Gasteiger partial charge in [0.05, 0.1) is 0 Å². The van der Waals surface area contributed by atoms with E-state index in [1.165, 1.54) is 0 Å². The third kappa shape index (κ3) is 3.65. The van der Waals surface area contributed by atoms with E-state index in [0.29, 0.717) is 6.54 Å². The molecule has 6 heteroatoms. The lowest BCUT2D eigenvalue weighted by atomic mass is 10.3. The summed E-state index contributed by atoms with van der Waals surface area (Å²) in [5, 5.41) is 0. The Labute approximate surface area is 78.1 Å². The first-order valence-corrected chi connectivity index (χ1v) is 3.00. The van der Waals surface area contributed by atoms with Gasteiger partial charge in [0.25, 0.3) is 0 Å². The fraction of sp³-hybridized carbons (Fsp3) is 0.800. The second-order valence-corrected chi connectivity index (χ2v) is 2.33. The minimum Gasteiger partial charge on any atom is -0.351 e. The standard InChI is InChI=1S/C5H11N3O.2ClH/c6-4-1-2-8(3-4)5(7)9;;/h4H,1-3,6H2,(H2,7,9);2*1H. The Balaban J connectivity index is 0. The van der Waals surface area contributed by atoms with Crippen LogP contribution in [0.15, 0.2) is 0 Å². The van der Waals surface area contributed by atoms with Crippen molar-refractivity contribution >= 4 is 30.8 Å². The Morgan fingerprint density at radius 2 is 2.00 bits per heavy atom.